The van der Waals surface area contributed by atoms with Gasteiger partial charge in [0.25, 0.3) is 5.91 Å². The number of benzene rings is 1. The number of thiophene rings is 1. The fourth-order valence-corrected chi connectivity index (χ4v) is 5.29. The van der Waals surface area contributed by atoms with Gasteiger partial charge in [-0.15, -0.1) is 0 Å². The monoisotopic (exact) mass is 325 g/mol. The molecule has 2 N–H and O–H groups in total. The number of hydrogen-bond donors (Lipinski definition) is 2. The molecule has 118 valence electrons. The second-order valence-corrected chi connectivity index (χ2v) is 7.63. The van der Waals surface area contributed by atoms with Crippen LogP contribution in [0.5, 0.6) is 0 Å². The van der Waals surface area contributed by atoms with Crippen LogP contribution < -0.4 is 10.6 Å². The van der Waals surface area contributed by atoms with Crippen LogP contribution in [0.4, 0.5) is 5.69 Å². The molecular weight excluding hydrogens is 306 g/mol. The van der Waals surface area contributed by atoms with Gasteiger partial charge >= 0.3 is 0 Å². The molecule has 23 heavy (non-hydrogen) atoms. The van der Waals surface area contributed by atoms with E-state index in [1.165, 1.54) is 12.0 Å². The first-order valence-corrected chi connectivity index (χ1v) is 9.16. The van der Waals surface area contributed by atoms with E-state index >= 15 is 0 Å². The molecule has 1 amide bonds. The first-order valence-electron chi connectivity index (χ1n) is 8.22. The van der Waals surface area contributed by atoms with Crippen LogP contribution in [0.15, 0.2) is 41.1 Å². The van der Waals surface area contributed by atoms with Crippen LogP contribution in [-0.4, -0.2) is 28.6 Å². The third kappa shape index (κ3) is 1.96. The molecule has 5 rings (SSSR count). The summed E-state index contributed by atoms with van der Waals surface area (Å²) < 4.78 is 0. The zero-order valence-corrected chi connectivity index (χ0v) is 13.6. The van der Waals surface area contributed by atoms with Gasteiger partial charge < -0.3 is 10.6 Å². The standard InChI is InChI=1S/C18H19N3OS/c22-17-14-3-1-2-4-15(14)19-18(20-17)9-13-5-6-16(18)21(13)10-12-7-8-23-11-12/h1-4,7-8,11,13,16,19H,5-6,9-10H2,(H,20,22)/t13-,16-,18-/m1/s1. The van der Waals surface area contributed by atoms with Gasteiger partial charge in [0.15, 0.2) is 0 Å². The Morgan fingerprint density at radius 3 is 3.00 bits per heavy atom. The number of carbonyl (C=O) groups is 1. The number of amides is 1. The zero-order valence-electron chi connectivity index (χ0n) is 12.8. The predicted octanol–water partition coefficient (Wildman–Crippen LogP) is 3.04. The number of hydrogen-bond acceptors (Lipinski definition) is 4. The van der Waals surface area contributed by atoms with Gasteiger partial charge in [0.2, 0.25) is 0 Å². The maximum absolute atomic E-state index is 12.6. The van der Waals surface area contributed by atoms with Gasteiger partial charge in [-0.2, -0.15) is 11.3 Å². The summed E-state index contributed by atoms with van der Waals surface area (Å²) >= 11 is 1.75. The van der Waals surface area contributed by atoms with Crippen molar-refractivity contribution in [3.05, 3.63) is 52.2 Å². The number of carbonyl (C=O) groups excluding carboxylic acids is 1. The minimum absolute atomic E-state index is 0.0578. The predicted molar refractivity (Wildman–Crippen MR) is 91.6 cm³/mol. The average Bonchev–Trinajstić information content (AvgIpc) is 3.24. The minimum atomic E-state index is -0.301. The molecule has 3 aliphatic heterocycles. The van der Waals surface area contributed by atoms with Gasteiger partial charge in [-0.1, -0.05) is 12.1 Å². The third-order valence-corrected chi connectivity index (χ3v) is 6.31. The highest BCUT2D eigenvalue weighted by Gasteiger charge is 2.58. The second kappa shape index (κ2) is 4.82. The van der Waals surface area contributed by atoms with Gasteiger partial charge in [-0.3, -0.25) is 9.69 Å². The molecule has 3 aliphatic rings. The van der Waals surface area contributed by atoms with Crippen molar-refractivity contribution in [2.45, 2.75) is 43.6 Å². The molecule has 2 aromatic rings. The summed E-state index contributed by atoms with van der Waals surface area (Å²) in [6.07, 6.45) is 3.36. The highest BCUT2D eigenvalue weighted by atomic mass is 32.1. The summed E-state index contributed by atoms with van der Waals surface area (Å²) in [7, 11) is 0. The highest BCUT2D eigenvalue weighted by Crippen LogP contribution is 2.47. The van der Waals surface area contributed by atoms with Crippen LogP contribution in [0, 0.1) is 0 Å². The van der Waals surface area contributed by atoms with E-state index in [9.17, 15) is 4.79 Å². The lowest BCUT2D eigenvalue weighted by atomic mass is 9.86. The Bertz CT molecular complexity index is 759. The molecule has 5 heteroatoms. The molecule has 1 aromatic heterocycles. The third-order valence-electron chi connectivity index (χ3n) is 5.58. The summed E-state index contributed by atoms with van der Waals surface area (Å²) in [5.41, 5.74) is 2.81. The zero-order chi connectivity index (χ0) is 15.4. The van der Waals surface area contributed by atoms with Gasteiger partial charge in [0.05, 0.1) is 11.6 Å². The van der Waals surface area contributed by atoms with Gasteiger partial charge in [0.1, 0.15) is 5.66 Å². The first kappa shape index (κ1) is 13.6. The molecular formula is C18H19N3OS. The van der Waals surface area contributed by atoms with Crippen molar-refractivity contribution >= 4 is 22.9 Å². The quantitative estimate of drug-likeness (QED) is 0.892. The molecule has 0 aliphatic carbocycles. The van der Waals surface area contributed by atoms with E-state index in [1.807, 2.05) is 24.3 Å². The SMILES string of the molecule is O=C1N[C@@]2(C[C@H]3CC[C@H]2N3Cc2ccsc2)Nc2ccccc21. The van der Waals surface area contributed by atoms with E-state index in [2.05, 4.69) is 32.4 Å². The molecule has 4 nitrogen and oxygen atoms in total. The maximum Gasteiger partial charge on any atom is 0.255 e. The number of anilines is 1. The van der Waals surface area contributed by atoms with Crippen molar-refractivity contribution < 1.29 is 4.79 Å². The number of para-hydroxylation sites is 1. The summed E-state index contributed by atoms with van der Waals surface area (Å²) in [6.45, 7) is 0.986. The normalized spacial score (nSPS) is 31.9. The van der Waals surface area contributed by atoms with Crippen LogP contribution in [0.3, 0.4) is 0 Å². The Balaban J connectivity index is 1.47. The van der Waals surface area contributed by atoms with Crippen molar-refractivity contribution in [1.82, 2.24) is 10.2 Å². The Morgan fingerprint density at radius 1 is 1.22 bits per heavy atom. The van der Waals surface area contributed by atoms with Gasteiger partial charge in [-0.25, -0.2) is 0 Å². The fourth-order valence-electron chi connectivity index (χ4n) is 4.63. The molecule has 1 spiro atoms. The van der Waals surface area contributed by atoms with Gasteiger partial charge in [0, 0.05) is 24.7 Å². The highest BCUT2D eigenvalue weighted by molar-refractivity contribution is 7.07. The number of rotatable bonds is 2. The summed E-state index contributed by atoms with van der Waals surface area (Å²) in [5.74, 6) is 0.0578. The Hall–Kier alpha value is -1.85. The Labute approximate surface area is 139 Å². The van der Waals surface area contributed by atoms with Crippen LogP contribution in [-0.2, 0) is 6.54 Å². The molecule has 2 saturated heterocycles. The van der Waals surface area contributed by atoms with Crippen LogP contribution in [0.25, 0.3) is 0 Å². The molecule has 0 radical (unpaired) electrons. The van der Waals surface area contributed by atoms with Crippen LogP contribution >= 0.6 is 11.3 Å². The first-order chi connectivity index (χ1) is 11.3. The van der Waals surface area contributed by atoms with E-state index in [1.54, 1.807) is 11.3 Å². The summed E-state index contributed by atoms with van der Waals surface area (Å²) in [5, 5.41) is 11.3. The van der Waals surface area contributed by atoms with Crippen molar-refractivity contribution in [3.63, 3.8) is 0 Å². The summed E-state index contributed by atoms with van der Waals surface area (Å²) in [6, 6.07) is 10.9. The fraction of sp³-hybridized carbons (Fsp3) is 0.389. The van der Waals surface area contributed by atoms with E-state index in [4.69, 9.17) is 0 Å². The molecule has 2 fully saturated rings. The molecule has 0 saturated carbocycles. The maximum atomic E-state index is 12.6. The lowest BCUT2D eigenvalue weighted by Gasteiger charge is -2.43. The van der Waals surface area contributed by atoms with E-state index in [0.717, 1.165) is 30.6 Å². The lowest BCUT2D eigenvalue weighted by Crippen LogP contribution is -2.64. The van der Waals surface area contributed by atoms with Gasteiger partial charge in [-0.05, 0) is 47.4 Å². The Morgan fingerprint density at radius 2 is 2.13 bits per heavy atom. The van der Waals surface area contributed by atoms with Crippen molar-refractivity contribution in [3.8, 4) is 0 Å². The van der Waals surface area contributed by atoms with Crippen molar-refractivity contribution in [2.24, 2.45) is 0 Å². The second-order valence-electron chi connectivity index (χ2n) is 6.85. The average molecular weight is 325 g/mol. The molecule has 2 bridgehead atoms. The van der Waals surface area contributed by atoms with Crippen LogP contribution in [0.2, 0.25) is 0 Å². The number of nitrogens with one attached hydrogen (secondary N) is 2. The van der Waals surface area contributed by atoms with Crippen molar-refractivity contribution in [2.75, 3.05) is 5.32 Å². The topological polar surface area (TPSA) is 44.4 Å². The van der Waals surface area contributed by atoms with E-state index in [-0.39, 0.29) is 11.6 Å². The van der Waals surface area contributed by atoms with Crippen molar-refractivity contribution in [1.29, 1.82) is 0 Å². The van der Waals surface area contributed by atoms with Crippen LogP contribution in [0.1, 0.15) is 35.2 Å². The number of fused-ring (bicyclic) bond motifs is 4. The molecule has 1 aromatic carbocycles. The summed E-state index contributed by atoms with van der Waals surface area (Å²) in [4.78, 5) is 15.2. The molecule has 4 heterocycles. The molecule has 0 unspecified atom stereocenters. The minimum Gasteiger partial charge on any atom is -0.361 e. The Kier molecular flexibility index (Phi) is 2.85. The number of nitrogens with zero attached hydrogens (tertiary/aromatic N) is 1. The van der Waals surface area contributed by atoms with E-state index in [0.29, 0.717) is 12.1 Å². The lowest BCUT2D eigenvalue weighted by molar-refractivity contribution is 0.0870. The largest absolute Gasteiger partial charge is 0.361 e. The van der Waals surface area contributed by atoms with E-state index < -0.39 is 0 Å². The molecule has 3 atom stereocenters. The smallest absolute Gasteiger partial charge is 0.255 e.